The number of nitrogens with one attached hydrogen (secondary N) is 1. The van der Waals surface area contributed by atoms with Gasteiger partial charge in [0.2, 0.25) is 5.91 Å². The third kappa shape index (κ3) is 4.18. The molecule has 1 unspecified atom stereocenters. The van der Waals surface area contributed by atoms with Crippen molar-refractivity contribution in [2.45, 2.75) is 32.2 Å². The van der Waals surface area contributed by atoms with Crippen LogP contribution in [-0.4, -0.2) is 60.8 Å². The van der Waals surface area contributed by atoms with E-state index < -0.39 is 5.97 Å². The zero-order valence-corrected chi connectivity index (χ0v) is 12.0. The SMILES string of the molecule is CC(CN1CCOCC1)NC(=O)[C@@H]1CC[C@H](C(=O)O)C1. The van der Waals surface area contributed by atoms with Crippen molar-refractivity contribution >= 4 is 11.9 Å². The zero-order chi connectivity index (χ0) is 14.5. The Bertz CT molecular complexity index is 355. The highest BCUT2D eigenvalue weighted by atomic mass is 16.5. The topological polar surface area (TPSA) is 78.9 Å². The second kappa shape index (κ2) is 7.04. The molecule has 0 aromatic carbocycles. The van der Waals surface area contributed by atoms with Crippen molar-refractivity contribution in [3.63, 3.8) is 0 Å². The predicted molar refractivity (Wildman–Crippen MR) is 73.3 cm³/mol. The van der Waals surface area contributed by atoms with Crippen LogP contribution in [0.15, 0.2) is 0 Å². The van der Waals surface area contributed by atoms with E-state index in [9.17, 15) is 9.59 Å². The number of carboxylic acid groups (broad SMARTS) is 1. The number of rotatable bonds is 5. The number of carboxylic acids is 1. The van der Waals surface area contributed by atoms with E-state index >= 15 is 0 Å². The van der Waals surface area contributed by atoms with E-state index in [1.54, 1.807) is 0 Å². The lowest BCUT2D eigenvalue weighted by Crippen LogP contribution is -2.47. The molecular formula is C14H24N2O4. The minimum absolute atomic E-state index is 0.00881. The molecule has 0 spiro atoms. The van der Waals surface area contributed by atoms with Crippen LogP contribution >= 0.6 is 0 Å². The largest absolute Gasteiger partial charge is 0.481 e. The minimum atomic E-state index is -0.776. The highest BCUT2D eigenvalue weighted by Gasteiger charge is 2.34. The normalized spacial score (nSPS) is 29.1. The molecule has 6 heteroatoms. The maximum atomic E-state index is 12.1. The molecule has 2 aliphatic rings. The molecule has 0 aromatic heterocycles. The van der Waals surface area contributed by atoms with E-state index in [-0.39, 0.29) is 23.8 Å². The van der Waals surface area contributed by atoms with Crippen LogP contribution in [0.3, 0.4) is 0 Å². The first-order valence-corrected chi connectivity index (χ1v) is 7.39. The van der Waals surface area contributed by atoms with Crippen molar-refractivity contribution in [1.29, 1.82) is 0 Å². The molecule has 20 heavy (non-hydrogen) atoms. The van der Waals surface area contributed by atoms with Crippen LogP contribution in [0.4, 0.5) is 0 Å². The molecule has 6 nitrogen and oxygen atoms in total. The van der Waals surface area contributed by atoms with Gasteiger partial charge in [0, 0.05) is 31.6 Å². The average molecular weight is 284 g/mol. The molecule has 0 radical (unpaired) electrons. The van der Waals surface area contributed by atoms with E-state index in [2.05, 4.69) is 10.2 Å². The molecular weight excluding hydrogens is 260 g/mol. The lowest BCUT2D eigenvalue weighted by molar-refractivity contribution is -0.141. The summed E-state index contributed by atoms with van der Waals surface area (Å²) in [4.78, 5) is 25.3. The van der Waals surface area contributed by atoms with Crippen LogP contribution in [-0.2, 0) is 14.3 Å². The van der Waals surface area contributed by atoms with E-state index in [0.29, 0.717) is 19.3 Å². The summed E-state index contributed by atoms with van der Waals surface area (Å²) < 4.78 is 5.29. The first-order chi connectivity index (χ1) is 9.56. The minimum Gasteiger partial charge on any atom is -0.481 e. The molecule has 1 aliphatic heterocycles. The standard InChI is InChI=1S/C14H24N2O4/c1-10(9-16-4-6-20-7-5-16)15-13(17)11-2-3-12(8-11)14(18)19/h10-12H,2-9H2,1H3,(H,15,17)(H,18,19)/t10?,11-,12+/m1/s1. The van der Waals surface area contributed by atoms with Crippen LogP contribution in [0.25, 0.3) is 0 Å². The zero-order valence-electron chi connectivity index (χ0n) is 12.0. The van der Waals surface area contributed by atoms with Gasteiger partial charge in [-0.2, -0.15) is 0 Å². The maximum Gasteiger partial charge on any atom is 0.306 e. The lowest BCUT2D eigenvalue weighted by atomic mass is 10.0. The Morgan fingerprint density at radius 1 is 1.30 bits per heavy atom. The number of amides is 1. The number of carbonyl (C=O) groups excluding carboxylic acids is 1. The van der Waals surface area contributed by atoms with Crippen LogP contribution in [0.5, 0.6) is 0 Å². The quantitative estimate of drug-likeness (QED) is 0.760. The van der Waals surface area contributed by atoms with Gasteiger partial charge >= 0.3 is 5.97 Å². The number of aliphatic carboxylic acids is 1. The van der Waals surface area contributed by atoms with Crippen molar-refractivity contribution < 1.29 is 19.4 Å². The van der Waals surface area contributed by atoms with Crippen LogP contribution < -0.4 is 5.32 Å². The third-order valence-corrected chi connectivity index (χ3v) is 4.18. The monoisotopic (exact) mass is 284 g/mol. The second-order valence-corrected chi connectivity index (χ2v) is 5.87. The van der Waals surface area contributed by atoms with Crippen molar-refractivity contribution in [3.05, 3.63) is 0 Å². The number of hydrogen-bond acceptors (Lipinski definition) is 4. The van der Waals surface area contributed by atoms with Gasteiger partial charge in [-0.1, -0.05) is 0 Å². The number of nitrogens with zero attached hydrogens (tertiary/aromatic N) is 1. The van der Waals surface area contributed by atoms with Crippen LogP contribution in [0.2, 0.25) is 0 Å². The summed E-state index contributed by atoms with van der Waals surface area (Å²) in [5.74, 6) is -1.25. The molecule has 1 saturated heterocycles. The van der Waals surface area contributed by atoms with Gasteiger partial charge in [-0.05, 0) is 26.2 Å². The molecule has 1 amide bonds. The van der Waals surface area contributed by atoms with Gasteiger partial charge < -0.3 is 15.2 Å². The van der Waals surface area contributed by atoms with Gasteiger partial charge in [0.25, 0.3) is 0 Å². The van der Waals surface area contributed by atoms with E-state index in [0.717, 1.165) is 32.8 Å². The molecule has 0 bridgehead atoms. The lowest BCUT2D eigenvalue weighted by Gasteiger charge is -2.29. The molecule has 114 valence electrons. The predicted octanol–water partition coefficient (Wildman–Crippen LogP) is 0.324. The van der Waals surface area contributed by atoms with Gasteiger partial charge in [0.15, 0.2) is 0 Å². The fourth-order valence-corrected chi connectivity index (χ4v) is 3.02. The van der Waals surface area contributed by atoms with E-state index in [1.807, 2.05) is 6.92 Å². The molecule has 2 N–H and O–H groups in total. The van der Waals surface area contributed by atoms with Gasteiger partial charge in [-0.25, -0.2) is 0 Å². The number of ether oxygens (including phenoxy) is 1. The summed E-state index contributed by atoms with van der Waals surface area (Å²) >= 11 is 0. The maximum absolute atomic E-state index is 12.1. The number of morpholine rings is 1. The Kier molecular flexibility index (Phi) is 5.37. The van der Waals surface area contributed by atoms with Crippen molar-refractivity contribution in [2.75, 3.05) is 32.8 Å². The Hall–Kier alpha value is -1.14. The first kappa shape index (κ1) is 15.3. The second-order valence-electron chi connectivity index (χ2n) is 5.87. The molecule has 2 rings (SSSR count). The van der Waals surface area contributed by atoms with Crippen molar-refractivity contribution in [1.82, 2.24) is 10.2 Å². The third-order valence-electron chi connectivity index (χ3n) is 4.18. The Morgan fingerprint density at radius 3 is 2.55 bits per heavy atom. The first-order valence-electron chi connectivity index (χ1n) is 7.39. The van der Waals surface area contributed by atoms with Crippen LogP contribution in [0.1, 0.15) is 26.2 Å². The Labute approximate surface area is 119 Å². The average Bonchev–Trinajstić information content (AvgIpc) is 2.89. The van der Waals surface area contributed by atoms with Crippen molar-refractivity contribution in [3.8, 4) is 0 Å². The summed E-state index contributed by atoms with van der Waals surface area (Å²) in [6.07, 6.45) is 1.78. The summed E-state index contributed by atoms with van der Waals surface area (Å²) in [5.41, 5.74) is 0. The van der Waals surface area contributed by atoms with Crippen molar-refractivity contribution in [2.24, 2.45) is 11.8 Å². The summed E-state index contributed by atoms with van der Waals surface area (Å²) in [6.45, 7) is 6.14. The molecule has 1 heterocycles. The Balaban J connectivity index is 1.72. The van der Waals surface area contributed by atoms with E-state index in [1.165, 1.54) is 0 Å². The van der Waals surface area contributed by atoms with Crippen LogP contribution in [0, 0.1) is 11.8 Å². The fraction of sp³-hybridized carbons (Fsp3) is 0.857. The smallest absolute Gasteiger partial charge is 0.306 e. The molecule has 2 fully saturated rings. The molecule has 3 atom stereocenters. The summed E-state index contributed by atoms with van der Waals surface area (Å²) in [7, 11) is 0. The number of carbonyl (C=O) groups is 2. The van der Waals surface area contributed by atoms with Gasteiger partial charge in [0.1, 0.15) is 0 Å². The molecule has 1 saturated carbocycles. The fourth-order valence-electron chi connectivity index (χ4n) is 3.02. The van der Waals surface area contributed by atoms with E-state index in [4.69, 9.17) is 9.84 Å². The highest BCUT2D eigenvalue weighted by molar-refractivity contribution is 5.81. The number of hydrogen-bond donors (Lipinski definition) is 2. The summed E-state index contributed by atoms with van der Waals surface area (Å²) in [6, 6.07) is 0.0875. The molecule has 1 aliphatic carbocycles. The Morgan fingerprint density at radius 2 is 1.95 bits per heavy atom. The summed E-state index contributed by atoms with van der Waals surface area (Å²) in [5, 5.41) is 12.0. The highest BCUT2D eigenvalue weighted by Crippen LogP contribution is 2.31. The van der Waals surface area contributed by atoms with Gasteiger partial charge in [0.05, 0.1) is 19.1 Å². The van der Waals surface area contributed by atoms with Gasteiger partial charge in [-0.3, -0.25) is 14.5 Å². The van der Waals surface area contributed by atoms with Gasteiger partial charge in [-0.15, -0.1) is 0 Å². The molecule has 0 aromatic rings.